The van der Waals surface area contributed by atoms with E-state index in [-0.39, 0.29) is 0 Å². The number of thiophene rings is 1. The molecule has 1 heterocycles. The van der Waals surface area contributed by atoms with E-state index in [1.54, 1.807) is 23.1 Å². The Hall–Kier alpha value is -0.160. The van der Waals surface area contributed by atoms with Gasteiger partial charge in [-0.3, -0.25) is 0 Å². The molecular formula is C11H9BrClNS2. The van der Waals surface area contributed by atoms with Gasteiger partial charge in [-0.25, -0.2) is 0 Å². The fourth-order valence-electron chi connectivity index (χ4n) is 1.21. The van der Waals surface area contributed by atoms with E-state index in [9.17, 15) is 0 Å². The second-order valence-electron chi connectivity index (χ2n) is 3.18. The van der Waals surface area contributed by atoms with Crippen molar-refractivity contribution in [3.63, 3.8) is 0 Å². The number of benzene rings is 1. The minimum atomic E-state index is 0.774. The maximum absolute atomic E-state index is 5.88. The Morgan fingerprint density at radius 2 is 2.12 bits per heavy atom. The monoisotopic (exact) mass is 333 g/mol. The van der Waals surface area contributed by atoms with Crippen molar-refractivity contribution in [2.75, 3.05) is 5.73 Å². The molecular weight excluding hydrogens is 326 g/mol. The maximum atomic E-state index is 5.88. The van der Waals surface area contributed by atoms with Crippen molar-refractivity contribution in [1.82, 2.24) is 0 Å². The van der Waals surface area contributed by atoms with Gasteiger partial charge in [0.05, 0.1) is 4.34 Å². The van der Waals surface area contributed by atoms with Gasteiger partial charge in [0.25, 0.3) is 0 Å². The van der Waals surface area contributed by atoms with Gasteiger partial charge in [0.2, 0.25) is 0 Å². The van der Waals surface area contributed by atoms with Gasteiger partial charge in [-0.2, -0.15) is 0 Å². The Bertz CT molecular complexity index is 498. The molecule has 0 saturated carbocycles. The summed E-state index contributed by atoms with van der Waals surface area (Å²) in [6.07, 6.45) is 0. The van der Waals surface area contributed by atoms with Gasteiger partial charge in [0, 0.05) is 25.7 Å². The van der Waals surface area contributed by atoms with Crippen LogP contribution < -0.4 is 5.73 Å². The fraction of sp³-hybridized carbons (Fsp3) is 0.0909. The van der Waals surface area contributed by atoms with Crippen molar-refractivity contribution < 1.29 is 0 Å². The molecule has 0 aliphatic carbocycles. The number of rotatable bonds is 3. The molecule has 0 radical (unpaired) electrons. The number of nitrogens with two attached hydrogens (primary N) is 1. The van der Waals surface area contributed by atoms with Crippen molar-refractivity contribution in [2.24, 2.45) is 0 Å². The largest absolute Gasteiger partial charge is 0.399 e. The number of thioether (sulfide) groups is 1. The zero-order chi connectivity index (χ0) is 11.5. The molecule has 5 heteroatoms. The van der Waals surface area contributed by atoms with Crippen molar-refractivity contribution in [3.05, 3.63) is 44.0 Å². The second-order valence-corrected chi connectivity index (χ2v) is 6.86. The summed E-state index contributed by atoms with van der Waals surface area (Å²) in [5.41, 5.74) is 6.46. The summed E-state index contributed by atoms with van der Waals surface area (Å²) >= 11 is 12.8. The summed E-state index contributed by atoms with van der Waals surface area (Å²) in [7, 11) is 0. The Balaban J connectivity index is 2.04. The van der Waals surface area contributed by atoms with Crippen LogP contribution in [0.5, 0.6) is 0 Å². The van der Waals surface area contributed by atoms with E-state index in [1.165, 1.54) is 9.77 Å². The topological polar surface area (TPSA) is 26.0 Å². The van der Waals surface area contributed by atoms with Gasteiger partial charge < -0.3 is 5.73 Å². The van der Waals surface area contributed by atoms with Crippen LogP contribution in [-0.4, -0.2) is 0 Å². The summed E-state index contributed by atoms with van der Waals surface area (Å²) in [6.45, 7) is 0. The molecule has 2 aromatic rings. The molecule has 1 nitrogen and oxygen atoms in total. The molecule has 16 heavy (non-hydrogen) atoms. The zero-order valence-corrected chi connectivity index (χ0v) is 12.2. The van der Waals surface area contributed by atoms with Gasteiger partial charge >= 0.3 is 0 Å². The number of nitrogen functional groups attached to an aromatic ring is 1. The highest BCUT2D eigenvalue weighted by Crippen LogP contribution is 2.33. The van der Waals surface area contributed by atoms with Crippen molar-refractivity contribution in [1.29, 1.82) is 0 Å². The van der Waals surface area contributed by atoms with Gasteiger partial charge in [-0.05, 0) is 46.3 Å². The van der Waals surface area contributed by atoms with Gasteiger partial charge in [0.15, 0.2) is 0 Å². The fourth-order valence-corrected chi connectivity index (χ4v) is 4.00. The lowest BCUT2D eigenvalue weighted by molar-refractivity contribution is 1.39. The first kappa shape index (κ1) is 12.3. The van der Waals surface area contributed by atoms with E-state index in [4.69, 9.17) is 17.3 Å². The van der Waals surface area contributed by atoms with Crippen LogP contribution in [0.1, 0.15) is 4.88 Å². The van der Waals surface area contributed by atoms with Crippen molar-refractivity contribution >= 4 is 56.3 Å². The highest BCUT2D eigenvalue weighted by Gasteiger charge is 2.03. The Labute approximate surface area is 116 Å². The van der Waals surface area contributed by atoms with Crippen LogP contribution in [0.25, 0.3) is 0 Å². The molecule has 2 N–H and O–H groups in total. The SMILES string of the molecule is Nc1ccc(SCc2ccc(Cl)s2)c(Br)c1. The van der Waals surface area contributed by atoms with E-state index in [2.05, 4.69) is 22.0 Å². The number of hydrogen-bond donors (Lipinski definition) is 1. The number of anilines is 1. The minimum absolute atomic E-state index is 0.774. The van der Waals surface area contributed by atoms with Crippen LogP contribution >= 0.6 is 50.6 Å². The molecule has 0 spiro atoms. The van der Waals surface area contributed by atoms with Crippen molar-refractivity contribution in [3.8, 4) is 0 Å². The molecule has 0 aliphatic heterocycles. The predicted octanol–water partition coefficient (Wildman–Crippen LogP) is 5.04. The van der Waals surface area contributed by atoms with E-state index >= 15 is 0 Å². The van der Waals surface area contributed by atoms with E-state index in [1.807, 2.05) is 24.3 Å². The lowest BCUT2D eigenvalue weighted by atomic mass is 10.3. The lowest BCUT2D eigenvalue weighted by Crippen LogP contribution is -1.85. The lowest BCUT2D eigenvalue weighted by Gasteiger charge is -2.03. The molecule has 0 amide bonds. The summed E-state index contributed by atoms with van der Waals surface area (Å²) < 4.78 is 1.88. The van der Waals surface area contributed by atoms with Gasteiger partial charge in [-0.15, -0.1) is 23.1 Å². The van der Waals surface area contributed by atoms with E-state index < -0.39 is 0 Å². The third-order valence-electron chi connectivity index (χ3n) is 1.95. The van der Waals surface area contributed by atoms with Crippen LogP contribution in [0, 0.1) is 0 Å². The molecule has 0 saturated heterocycles. The first-order chi connectivity index (χ1) is 7.65. The number of halogens is 2. The first-order valence-electron chi connectivity index (χ1n) is 4.57. The van der Waals surface area contributed by atoms with Crippen molar-refractivity contribution in [2.45, 2.75) is 10.6 Å². The molecule has 84 valence electrons. The summed E-state index contributed by atoms with van der Waals surface area (Å²) in [6, 6.07) is 9.85. The molecule has 2 rings (SSSR count). The third-order valence-corrected chi connectivity index (χ3v) is 5.41. The van der Waals surface area contributed by atoms with E-state index in [0.29, 0.717) is 0 Å². The smallest absolute Gasteiger partial charge is 0.0931 e. The van der Waals surface area contributed by atoms with Gasteiger partial charge in [-0.1, -0.05) is 11.6 Å². The summed E-state index contributed by atoms with van der Waals surface area (Å²) in [4.78, 5) is 2.47. The molecule has 0 bridgehead atoms. The van der Waals surface area contributed by atoms with Crippen LogP contribution in [0.2, 0.25) is 4.34 Å². The molecule has 1 aromatic carbocycles. The predicted molar refractivity (Wildman–Crippen MR) is 77.4 cm³/mol. The highest BCUT2D eigenvalue weighted by atomic mass is 79.9. The molecule has 0 unspecified atom stereocenters. The van der Waals surface area contributed by atoms with Crippen LogP contribution in [0.4, 0.5) is 5.69 Å². The summed E-state index contributed by atoms with van der Waals surface area (Å²) in [5, 5.41) is 0. The van der Waals surface area contributed by atoms with Crippen LogP contribution in [0.3, 0.4) is 0 Å². The maximum Gasteiger partial charge on any atom is 0.0931 e. The third kappa shape index (κ3) is 3.17. The average Bonchev–Trinajstić information content (AvgIpc) is 2.63. The molecule has 0 aliphatic rings. The summed E-state index contributed by atoms with van der Waals surface area (Å²) in [5.74, 6) is 0.930. The van der Waals surface area contributed by atoms with Gasteiger partial charge in [0.1, 0.15) is 0 Å². The average molecular weight is 335 g/mol. The van der Waals surface area contributed by atoms with E-state index in [0.717, 1.165) is 20.2 Å². The Morgan fingerprint density at radius 3 is 2.75 bits per heavy atom. The Kier molecular flexibility index (Phi) is 4.19. The normalized spacial score (nSPS) is 10.6. The van der Waals surface area contributed by atoms with Crippen LogP contribution in [0.15, 0.2) is 39.7 Å². The quantitative estimate of drug-likeness (QED) is 0.628. The minimum Gasteiger partial charge on any atom is -0.399 e. The Morgan fingerprint density at radius 1 is 1.31 bits per heavy atom. The standard InChI is InChI=1S/C11H9BrClNS2/c12-9-5-7(14)1-3-10(9)15-6-8-2-4-11(13)16-8/h1-5H,6,14H2. The number of hydrogen-bond acceptors (Lipinski definition) is 3. The zero-order valence-electron chi connectivity index (χ0n) is 8.24. The highest BCUT2D eigenvalue weighted by molar-refractivity contribution is 9.10. The molecule has 1 aromatic heterocycles. The van der Waals surface area contributed by atoms with Crippen LogP contribution in [-0.2, 0) is 5.75 Å². The first-order valence-corrected chi connectivity index (χ1v) is 7.54. The molecule has 0 fully saturated rings. The second kappa shape index (κ2) is 5.45. The molecule has 0 atom stereocenters.